The lowest BCUT2D eigenvalue weighted by Crippen LogP contribution is -2.46. The average molecular weight is 570 g/mol. The molecule has 0 saturated carbocycles. The highest BCUT2D eigenvalue weighted by atomic mass is 19.1. The monoisotopic (exact) mass is 569 g/mol. The van der Waals surface area contributed by atoms with E-state index in [0.717, 1.165) is 23.8 Å². The molecular formula is C31H37F2N3O5. The molecule has 0 aliphatic rings. The number of rotatable bonds is 11. The number of hydrogen-bond acceptors (Lipinski definition) is 6. The highest BCUT2D eigenvalue weighted by Crippen LogP contribution is 2.41. The van der Waals surface area contributed by atoms with Crippen LogP contribution < -0.4 is 5.73 Å². The van der Waals surface area contributed by atoms with Crippen LogP contribution in [-0.2, 0) is 30.4 Å². The molecule has 0 aliphatic heterocycles. The summed E-state index contributed by atoms with van der Waals surface area (Å²) in [5.41, 5.74) is 7.51. The summed E-state index contributed by atoms with van der Waals surface area (Å²) in [4.78, 5) is 38.7. The number of carbonyl (C=O) groups is 3. The Kier molecular flexibility index (Phi) is 10.4. The van der Waals surface area contributed by atoms with Crippen LogP contribution in [0.25, 0.3) is 11.1 Å². The first kappa shape index (κ1) is 31.5. The smallest absolute Gasteiger partial charge is 0.322 e. The van der Waals surface area contributed by atoms with Crippen LogP contribution in [0, 0.1) is 17.0 Å². The molecule has 3 rings (SSSR count). The fraction of sp³-hybridized carbons (Fsp3) is 0.387. The number of aromatic nitrogens is 1. The fourth-order valence-electron chi connectivity index (χ4n) is 4.80. The van der Waals surface area contributed by atoms with Gasteiger partial charge in [-0.15, -0.1) is 0 Å². The van der Waals surface area contributed by atoms with Crippen LogP contribution in [0.3, 0.4) is 0 Å². The first-order valence-electron chi connectivity index (χ1n) is 13.3. The lowest BCUT2D eigenvalue weighted by Gasteiger charge is -2.41. The third-order valence-corrected chi connectivity index (χ3v) is 6.68. The Balaban J connectivity index is 2.18. The molecule has 2 aromatic carbocycles. The van der Waals surface area contributed by atoms with E-state index in [-0.39, 0.29) is 18.5 Å². The maximum absolute atomic E-state index is 14.9. The number of amides is 1. The number of nitrogens with two attached hydrogens (primary N) is 1. The topological polar surface area (TPSA) is 104 Å². The lowest BCUT2D eigenvalue weighted by molar-refractivity contribution is -0.153. The van der Waals surface area contributed by atoms with Crippen molar-refractivity contribution in [2.75, 3.05) is 20.3 Å². The van der Waals surface area contributed by atoms with Gasteiger partial charge in [0.15, 0.2) is 6.61 Å². The summed E-state index contributed by atoms with van der Waals surface area (Å²) in [5, 5.41) is 0. The summed E-state index contributed by atoms with van der Waals surface area (Å²) in [5.74, 6) is -2.91. The van der Waals surface area contributed by atoms with E-state index in [1.54, 1.807) is 12.3 Å². The zero-order valence-corrected chi connectivity index (χ0v) is 24.0. The first-order valence-corrected chi connectivity index (χ1v) is 13.3. The van der Waals surface area contributed by atoms with Crippen LogP contribution in [0.5, 0.6) is 0 Å². The SMILES string of the molecule is COC(=O)C(N)CCN(C(=O)COC(C)=O)C(c1cc(-c2cc(F)ccc2F)cn1Cc1ccccc1)C(C)(C)C. The average Bonchev–Trinajstić information content (AvgIpc) is 3.32. The van der Waals surface area contributed by atoms with E-state index in [0.29, 0.717) is 17.8 Å². The van der Waals surface area contributed by atoms with E-state index < -0.39 is 53.6 Å². The second-order valence-electron chi connectivity index (χ2n) is 10.9. The second-order valence-corrected chi connectivity index (χ2v) is 10.9. The zero-order chi connectivity index (χ0) is 30.3. The van der Waals surface area contributed by atoms with Gasteiger partial charge in [-0.25, -0.2) is 8.78 Å². The normalized spacial score (nSPS) is 12.9. The van der Waals surface area contributed by atoms with E-state index >= 15 is 0 Å². The highest BCUT2D eigenvalue weighted by molar-refractivity contribution is 5.81. The van der Waals surface area contributed by atoms with Gasteiger partial charge < -0.3 is 24.7 Å². The van der Waals surface area contributed by atoms with Gasteiger partial charge in [0.05, 0.1) is 13.2 Å². The molecule has 2 atom stereocenters. The van der Waals surface area contributed by atoms with E-state index in [1.165, 1.54) is 18.9 Å². The van der Waals surface area contributed by atoms with Crippen LogP contribution in [0.4, 0.5) is 8.78 Å². The summed E-state index contributed by atoms with van der Waals surface area (Å²) >= 11 is 0. The molecule has 0 radical (unpaired) electrons. The van der Waals surface area contributed by atoms with Crippen LogP contribution in [-0.4, -0.2) is 53.6 Å². The second kappa shape index (κ2) is 13.5. The Morgan fingerprint density at radius 2 is 1.73 bits per heavy atom. The number of hydrogen-bond donors (Lipinski definition) is 1. The summed E-state index contributed by atoms with van der Waals surface area (Å²) in [6.07, 6.45) is 1.81. The number of halogens is 2. The summed E-state index contributed by atoms with van der Waals surface area (Å²) in [7, 11) is 1.23. The Labute approximate surface area is 239 Å². The first-order chi connectivity index (χ1) is 19.3. The number of esters is 2. The Morgan fingerprint density at radius 3 is 2.34 bits per heavy atom. The zero-order valence-electron chi connectivity index (χ0n) is 24.0. The van der Waals surface area contributed by atoms with Gasteiger partial charge in [-0.05, 0) is 41.7 Å². The van der Waals surface area contributed by atoms with Gasteiger partial charge in [-0.1, -0.05) is 51.1 Å². The van der Waals surface area contributed by atoms with Gasteiger partial charge in [0, 0.05) is 43.0 Å². The van der Waals surface area contributed by atoms with E-state index in [9.17, 15) is 23.2 Å². The molecule has 2 N–H and O–H groups in total. The van der Waals surface area contributed by atoms with Crippen molar-refractivity contribution in [3.8, 4) is 11.1 Å². The number of ether oxygens (including phenoxy) is 2. The number of methoxy groups -OCH3 is 1. The Hall–Kier alpha value is -4.05. The maximum Gasteiger partial charge on any atom is 0.322 e. The molecule has 41 heavy (non-hydrogen) atoms. The third-order valence-electron chi connectivity index (χ3n) is 6.68. The number of nitrogens with zero attached hydrogens (tertiary/aromatic N) is 2. The summed E-state index contributed by atoms with van der Waals surface area (Å²) < 4.78 is 40.8. The molecule has 3 aromatic rings. The number of carbonyl (C=O) groups excluding carboxylic acids is 3. The molecule has 2 unspecified atom stereocenters. The molecule has 1 aromatic heterocycles. The van der Waals surface area contributed by atoms with E-state index in [2.05, 4.69) is 0 Å². The van der Waals surface area contributed by atoms with Gasteiger partial charge >= 0.3 is 11.9 Å². The van der Waals surface area contributed by atoms with Crippen molar-refractivity contribution in [3.05, 3.63) is 83.7 Å². The van der Waals surface area contributed by atoms with Gasteiger partial charge in [0.2, 0.25) is 0 Å². The van der Waals surface area contributed by atoms with Crippen molar-refractivity contribution in [1.29, 1.82) is 0 Å². The molecule has 0 aliphatic carbocycles. The van der Waals surface area contributed by atoms with Crippen LogP contribution >= 0.6 is 0 Å². The van der Waals surface area contributed by atoms with Gasteiger partial charge in [0.25, 0.3) is 5.91 Å². The molecule has 0 saturated heterocycles. The molecule has 0 bridgehead atoms. The summed E-state index contributed by atoms with van der Waals surface area (Å²) in [6, 6.07) is 12.9. The molecule has 1 amide bonds. The van der Waals surface area contributed by atoms with Crippen molar-refractivity contribution >= 4 is 17.8 Å². The Bertz CT molecular complexity index is 1370. The Morgan fingerprint density at radius 1 is 1.05 bits per heavy atom. The molecule has 1 heterocycles. The lowest BCUT2D eigenvalue weighted by atomic mass is 9.82. The van der Waals surface area contributed by atoms with Crippen LogP contribution in [0.2, 0.25) is 0 Å². The standard InChI is InChI=1S/C31H37F2N3O5/c1-20(37)41-19-28(38)36(14-13-26(34)30(39)40-5)29(31(2,3)4)27-15-22(24-16-23(32)11-12-25(24)33)18-35(27)17-21-9-7-6-8-10-21/h6-12,15-16,18,26,29H,13-14,17,19,34H2,1-5H3. The van der Waals surface area contributed by atoms with Crippen molar-refractivity contribution in [2.45, 2.75) is 52.7 Å². The molecular weight excluding hydrogens is 532 g/mol. The predicted molar refractivity (Wildman–Crippen MR) is 150 cm³/mol. The quantitative estimate of drug-likeness (QED) is 0.331. The van der Waals surface area contributed by atoms with E-state index in [4.69, 9.17) is 15.2 Å². The van der Waals surface area contributed by atoms with Crippen LogP contribution in [0.15, 0.2) is 60.8 Å². The largest absolute Gasteiger partial charge is 0.468 e. The molecule has 8 nitrogen and oxygen atoms in total. The minimum atomic E-state index is -0.988. The van der Waals surface area contributed by atoms with Crippen molar-refractivity contribution in [3.63, 3.8) is 0 Å². The van der Waals surface area contributed by atoms with Crippen molar-refractivity contribution in [2.24, 2.45) is 11.1 Å². The van der Waals surface area contributed by atoms with Gasteiger partial charge in [0.1, 0.15) is 17.7 Å². The number of benzene rings is 2. The molecule has 0 spiro atoms. The summed E-state index contributed by atoms with van der Waals surface area (Å²) in [6.45, 7) is 6.92. The third kappa shape index (κ3) is 8.23. The molecule has 0 fully saturated rings. The van der Waals surface area contributed by atoms with Crippen LogP contribution in [0.1, 0.15) is 51.4 Å². The fourth-order valence-corrected chi connectivity index (χ4v) is 4.80. The molecule has 220 valence electrons. The van der Waals surface area contributed by atoms with E-state index in [1.807, 2.05) is 55.7 Å². The van der Waals surface area contributed by atoms with Gasteiger partial charge in [-0.2, -0.15) is 0 Å². The maximum atomic E-state index is 14.9. The van der Waals surface area contributed by atoms with Crippen molar-refractivity contribution in [1.82, 2.24) is 9.47 Å². The van der Waals surface area contributed by atoms with Gasteiger partial charge in [-0.3, -0.25) is 14.4 Å². The predicted octanol–water partition coefficient (Wildman–Crippen LogP) is 4.85. The van der Waals surface area contributed by atoms with Crippen molar-refractivity contribution < 1.29 is 32.6 Å². The molecule has 10 heteroatoms. The minimum Gasteiger partial charge on any atom is -0.468 e. The highest BCUT2D eigenvalue weighted by Gasteiger charge is 2.38. The minimum absolute atomic E-state index is 0.0402.